The van der Waals surface area contributed by atoms with Crippen LogP contribution in [0.5, 0.6) is 0 Å². The summed E-state index contributed by atoms with van der Waals surface area (Å²) in [5.74, 6) is 0.615. The molecule has 1 aromatic heterocycles. The van der Waals surface area contributed by atoms with Gasteiger partial charge in [0.05, 0.1) is 12.6 Å². The average molecular weight is 169 g/mol. The molecule has 1 fully saturated rings. The van der Waals surface area contributed by atoms with Crippen molar-refractivity contribution in [3.05, 3.63) is 12.2 Å². The maximum Gasteiger partial charge on any atom is 0.240 e. The van der Waals surface area contributed by atoms with Gasteiger partial charge in [0.25, 0.3) is 0 Å². The van der Waals surface area contributed by atoms with Crippen molar-refractivity contribution >= 4 is 0 Å². The number of nitrogens with zero attached hydrogens (tertiary/aromatic N) is 3. The van der Waals surface area contributed by atoms with Crippen LogP contribution >= 0.6 is 0 Å². The fourth-order valence-electron chi connectivity index (χ4n) is 1.41. The van der Waals surface area contributed by atoms with E-state index >= 15 is 0 Å². The van der Waals surface area contributed by atoms with Crippen LogP contribution in [0.1, 0.15) is 12.3 Å². The topological polar surface area (TPSA) is 62.4 Å². The van der Waals surface area contributed by atoms with Crippen LogP contribution in [-0.2, 0) is 6.54 Å². The molecule has 0 unspecified atom stereocenters. The highest BCUT2D eigenvalue weighted by atomic mass is 16.5. The number of β-amino-alcohol motifs (C(OH)–C–C–N with tert-alkyl or cyclic N) is 1. The van der Waals surface area contributed by atoms with Gasteiger partial charge in [0.2, 0.25) is 5.89 Å². The highest BCUT2D eigenvalue weighted by Gasteiger charge is 2.21. The van der Waals surface area contributed by atoms with Gasteiger partial charge in [-0.15, -0.1) is 0 Å². The third kappa shape index (κ3) is 1.62. The first kappa shape index (κ1) is 7.70. The average Bonchev–Trinajstić information content (AvgIpc) is 2.63. The van der Waals surface area contributed by atoms with Gasteiger partial charge < -0.3 is 9.63 Å². The van der Waals surface area contributed by atoms with Gasteiger partial charge in [-0.3, -0.25) is 4.90 Å². The van der Waals surface area contributed by atoms with Gasteiger partial charge >= 0.3 is 0 Å². The molecule has 1 atom stereocenters. The molecule has 1 aromatic rings. The predicted octanol–water partition coefficient (Wildman–Crippen LogP) is -0.364. The van der Waals surface area contributed by atoms with E-state index in [9.17, 15) is 5.11 Å². The van der Waals surface area contributed by atoms with Crippen molar-refractivity contribution in [2.75, 3.05) is 13.1 Å². The first-order valence-corrected chi connectivity index (χ1v) is 4.00. The van der Waals surface area contributed by atoms with Crippen molar-refractivity contribution in [3.63, 3.8) is 0 Å². The minimum atomic E-state index is -0.187. The van der Waals surface area contributed by atoms with Crippen molar-refractivity contribution in [1.29, 1.82) is 0 Å². The van der Waals surface area contributed by atoms with Crippen LogP contribution < -0.4 is 0 Å². The molecule has 5 nitrogen and oxygen atoms in total. The van der Waals surface area contributed by atoms with Gasteiger partial charge in [0.1, 0.15) is 0 Å². The molecule has 1 aliphatic rings. The molecule has 0 saturated carbocycles. The van der Waals surface area contributed by atoms with Gasteiger partial charge in [-0.25, -0.2) is 0 Å². The molecule has 66 valence electrons. The summed E-state index contributed by atoms with van der Waals surface area (Å²) >= 11 is 0. The number of hydrogen-bond donors (Lipinski definition) is 1. The second-order valence-corrected chi connectivity index (χ2v) is 3.01. The molecule has 0 spiro atoms. The second-order valence-electron chi connectivity index (χ2n) is 3.01. The van der Waals surface area contributed by atoms with E-state index in [0.717, 1.165) is 13.0 Å². The van der Waals surface area contributed by atoms with E-state index in [1.165, 1.54) is 6.33 Å². The fourth-order valence-corrected chi connectivity index (χ4v) is 1.41. The summed E-state index contributed by atoms with van der Waals surface area (Å²) < 4.78 is 4.85. The smallest absolute Gasteiger partial charge is 0.240 e. The quantitative estimate of drug-likeness (QED) is 0.654. The lowest BCUT2D eigenvalue weighted by atomic mass is 10.3. The fraction of sp³-hybridized carbons (Fsp3) is 0.714. The number of aliphatic hydroxyl groups excluding tert-OH is 1. The largest absolute Gasteiger partial charge is 0.392 e. The molecular weight excluding hydrogens is 158 g/mol. The number of aliphatic hydroxyl groups is 1. The molecule has 2 rings (SSSR count). The Kier molecular flexibility index (Phi) is 2.05. The Morgan fingerprint density at radius 3 is 3.25 bits per heavy atom. The highest BCUT2D eigenvalue weighted by molar-refractivity contribution is 4.80. The third-order valence-corrected chi connectivity index (χ3v) is 2.01. The summed E-state index contributed by atoms with van der Waals surface area (Å²) in [7, 11) is 0. The molecule has 0 aliphatic carbocycles. The number of likely N-dealkylation sites (tertiary alicyclic amines) is 1. The molecule has 0 amide bonds. The molecule has 1 aliphatic heterocycles. The molecule has 5 heteroatoms. The number of hydrogen-bond acceptors (Lipinski definition) is 5. The lowest BCUT2D eigenvalue weighted by Gasteiger charge is -2.10. The van der Waals surface area contributed by atoms with Gasteiger partial charge in [-0.2, -0.15) is 4.98 Å². The van der Waals surface area contributed by atoms with E-state index in [4.69, 9.17) is 4.52 Å². The summed E-state index contributed by atoms with van der Waals surface area (Å²) in [6, 6.07) is 0. The first-order chi connectivity index (χ1) is 5.84. The second kappa shape index (κ2) is 3.20. The van der Waals surface area contributed by atoms with Crippen LogP contribution in [0, 0.1) is 0 Å². The van der Waals surface area contributed by atoms with Gasteiger partial charge in [-0.1, -0.05) is 5.16 Å². The lowest BCUT2D eigenvalue weighted by Crippen LogP contribution is -2.21. The summed E-state index contributed by atoms with van der Waals surface area (Å²) in [4.78, 5) is 6.00. The molecule has 1 saturated heterocycles. The zero-order chi connectivity index (χ0) is 8.39. The Labute approximate surface area is 70.0 Å². The Bertz CT molecular complexity index is 237. The van der Waals surface area contributed by atoms with Crippen LogP contribution in [0.4, 0.5) is 0 Å². The van der Waals surface area contributed by atoms with E-state index in [2.05, 4.69) is 15.0 Å². The summed E-state index contributed by atoms with van der Waals surface area (Å²) in [6.07, 6.45) is 2.05. The molecule has 0 bridgehead atoms. The van der Waals surface area contributed by atoms with Gasteiger partial charge in [0, 0.05) is 13.1 Å². The Balaban J connectivity index is 1.88. The highest BCUT2D eigenvalue weighted by Crippen LogP contribution is 2.11. The van der Waals surface area contributed by atoms with Crippen molar-refractivity contribution in [1.82, 2.24) is 15.0 Å². The monoisotopic (exact) mass is 169 g/mol. The van der Waals surface area contributed by atoms with Crippen LogP contribution in [0.15, 0.2) is 10.9 Å². The maximum absolute atomic E-state index is 9.22. The van der Waals surface area contributed by atoms with Crippen molar-refractivity contribution in [2.24, 2.45) is 0 Å². The van der Waals surface area contributed by atoms with E-state index in [1.54, 1.807) is 0 Å². The van der Waals surface area contributed by atoms with Crippen LogP contribution in [0.3, 0.4) is 0 Å². The Morgan fingerprint density at radius 2 is 2.67 bits per heavy atom. The SMILES string of the molecule is O[C@H]1CCN(Cc2ncno2)C1. The van der Waals surface area contributed by atoms with E-state index in [1.807, 2.05) is 0 Å². The standard InChI is InChI=1S/C7H11N3O2/c11-6-1-2-10(3-6)4-7-8-5-9-12-7/h5-6,11H,1-4H2/t6-/m0/s1. The Morgan fingerprint density at radius 1 is 1.75 bits per heavy atom. The van der Waals surface area contributed by atoms with Crippen molar-refractivity contribution in [2.45, 2.75) is 19.1 Å². The maximum atomic E-state index is 9.22. The molecule has 1 N–H and O–H groups in total. The summed E-state index contributed by atoms with van der Waals surface area (Å²) in [5.41, 5.74) is 0. The number of aromatic nitrogens is 2. The zero-order valence-corrected chi connectivity index (χ0v) is 6.68. The molecule has 2 heterocycles. The van der Waals surface area contributed by atoms with Gasteiger partial charge in [0.15, 0.2) is 6.33 Å². The molecule has 0 aromatic carbocycles. The van der Waals surface area contributed by atoms with E-state index in [-0.39, 0.29) is 6.10 Å². The lowest BCUT2D eigenvalue weighted by molar-refractivity contribution is 0.169. The van der Waals surface area contributed by atoms with Gasteiger partial charge in [-0.05, 0) is 6.42 Å². The minimum absolute atomic E-state index is 0.187. The first-order valence-electron chi connectivity index (χ1n) is 4.00. The zero-order valence-electron chi connectivity index (χ0n) is 6.68. The van der Waals surface area contributed by atoms with E-state index in [0.29, 0.717) is 19.0 Å². The summed E-state index contributed by atoms with van der Waals surface area (Å²) in [6.45, 7) is 2.27. The van der Waals surface area contributed by atoms with Crippen LogP contribution in [0.2, 0.25) is 0 Å². The molecule has 12 heavy (non-hydrogen) atoms. The van der Waals surface area contributed by atoms with E-state index < -0.39 is 0 Å². The third-order valence-electron chi connectivity index (χ3n) is 2.01. The molecular formula is C7H11N3O2. The van der Waals surface area contributed by atoms with Crippen LogP contribution in [-0.4, -0.2) is 39.3 Å². The van der Waals surface area contributed by atoms with Crippen LogP contribution in [0.25, 0.3) is 0 Å². The Hall–Kier alpha value is -0.940. The number of rotatable bonds is 2. The van der Waals surface area contributed by atoms with Crippen molar-refractivity contribution in [3.8, 4) is 0 Å². The summed E-state index contributed by atoms with van der Waals surface area (Å²) in [5, 5.41) is 12.7. The normalized spacial score (nSPS) is 24.9. The minimum Gasteiger partial charge on any atom is -0.392 e. The van der Waals surface area contributed by atoms with Crippen molar-refractivity contribution < 1.29 is 9.63 Å². The molecule has 0 radical (unpaired) electrons. The predicted molar refractivity (Wildman–Crippen MR) is 40.2 cm³/mol.